The molecule has 0 unspecified atom stereocenters. The molecule has 2 aromatic carbocycles. The van der Waals surface area contributed by atoms with Crippen molar-refractivity contribution in [1.82, 2.24) is 9.80 Å². The number of rotatable bonds is 5. The first-order chi connectivity index (χ1) is 13.8. The lowest BCUT2D eigenvalue weighted by Gasteiger charge is -2.51. The molecule has 28 heavy (non-hydrogen) atoms. The van der Waals surface area contributed by atoms with Crippen molar-refractivity contribution in [3.63, 3.8) is 0 Å². The van der Waals surface area contributed by atoms with Gasteiger partial charge < -0.3 is 9.47 Å². The highest BCUT2D eigenvalue weighted by Crippen LogP contribution is 2.47. The van der Waals surface area contributed by atoms with Gasteiger partial charge in [0.05, 0.1) is 14.2 Å². The monoisotopic (exact) mass is 378 g/mol. The third-order valence-corrected chi connectivity index (χ3v) is 7.12. The highest BCUT2D eigenvalue weighted by Gasteiger charge is 2.53. The quantitative estimate of drug-likeness (QED) is 0.791. The number of hydrogen-bond acceptors (Lipinski definition) is 4. The minimum absolute atomic E-state index is 0.599. The van der Waals surface area contributed by atoms with Crippen LogP contribution in [-0.4, -0.2) is 55.7 Å². The second-order valence-corrected chi connectivity index (χ2v) is 8.52. The summed E-state index contributed by atoms with van der Waals surface area (Å²) in [6.07, 6.45) is 2.70. The number of piperidine rings is 3. The van der Waals surface area contributed by atoms with E-state index < -0.39 is 0 Å². The van der Waals surface area contributed by atoms with Crippen LogP contribution in [0, 0.1) is 5.92 Å². The number of benzene rings is 2. The van der Waals surface area contributed by atoms with E-state index in [1.807, 2.05) is 6.07 Å². The van der Waals surface area contributed by atoms with Gasteiger partial charge in [0.1, 0.15) is 11.5 Å². The zero-order valence-electron chi connectivity index (χ0n) is 16.9. The van der Waals surface area contributed by atoms with Crippen molar-refractivity contribution in [3.05, 3.63) is 59.7 Å². The van der Waals surface area contributed by atoms with Gasteiger partial charge in [-0.25, -0.2) is 0 Å². The Morgan fingerprint density at radius 3 is 2.21 bits per heavy atom. The molecule has 4 aliphatic rings. The van der Waals surface area contributed by atoms with Crippen LogP contribution in [0.15, 0.2) is 48.5 Å². The molecule has 148 valence electrons. The third kappa shape index (κ3) is 3.09. The van der Waals surface area contributed by atoms with Crippen molar-refractivity contribution >= 4 is 0 Å². The van der Waals surface area contributed by atoms with Crippen LogP contribution in [0.4, 0.5) is 0 Å². The van der Waals surface area contributed by atoms with Crippen molar-refractivity contribution in [1.29, 1.82) is 0 Å². The number of likely N-dealkylation sites (tertiary alicyclic amines) is 1. The van der Waals surface area contributed by atoms with E-state index in [4.69, 9.17) is 9.47 Å². The van der Waals surface area contributed by atoms with Gasteiger partial charge in [-0.15, -0.1) is 0 Å². The highest BCUT2D eigenvalue weighted by molar-refractivity contribution is 5.39. The lowest BCUT2D eigenvalue weighted by molar-refractivity contribution is -0.00871. The second-order valence-electron chi connectivity index (χ2n) is 8.52. The zero-order valence-corrected chi connectivity index (χ0v) is 16.9. The maximum absolute atomic E-state index is 5.50. The maximum Gasteiger partial charge on any atom is 0.122 e. The van der Waals surface area contributed by atoms with E-state index in [1.165, 1.54) is 37.1 Å². The Morgan fingerprint density at radius 1 is 0.893 bits per heavy atom. The molecule has 4 heterocycles. The molecule has 4 aliphatic heterocycles. The summed E-state index contributed by atoms with van der Waals surface area (Å²) in [7, 11) is 3.45. The smallest absolute Gasteiger partial charge is 0.122 e. The summed E-state index contributed by atoms with van der Waals surface area (Å²) < 4.78 is 11.0. The topological polar surface area (TPSA) is 24.9 Å². The molecule has 2 aromatic rings. The third-order valence-electron chi connectivity index (χ3n) is 7.12. The number of hydrogen-bond donors (Lipinski definition) is 0. The Hall–Kier alpha value is -2.04. The van der Waals surface area contributed by atoms with Crippen LogP contribution in [0.3, 0.4) is 0 Å². The van der Waals surface area contributed by atoms with E-state index in [-0.39, 0.29) is 0 Å². The molecule has 4 fully saturated rings. The molecule has 0 N–H and O–H groups in total. The van der Waals surface area contributed by atoms with Gasteiger partial charge in [0.2, 0.25) is 0 Å². The van der Waals surface area contributed by atoms with Gasteiger partial charge in [0.25, 0.3) is 0 Å². The average Bonchev–Trinajstić information content (AvgIpc) is 3.16. The van der Waals surface area contributed by atoms with Crippen molar-refractivity contribution in [2.45, 2.75) is 37.4 Å². The molecule has 0 amide bonds. The van der Waals surface area contributed by atoms with Gasteiger partial charge in [0.15, 0.2) is 0 Å². The first-order valence-corrected chi connectivity index (χ1v) is 10.5. The lowest BCUT2D eigenvalue weighted by atomic mass is 9.75. The molecular formula is C24H30N2O2. The van der Waals surface area contributed by atoms with Crippen LogP contribution in [-0.2, 0) is 6.54 Å². The van der Waals surface area contributed by atoms with Crippen molar-refractivity contribution < 1.29 is 9.47 Å². The molecule has 2 bridgehead atoms. The number of methoxy groups -OCH3 is 2. The minimum Gasteiger partial charge on any atom is -0.497 e. The summed E-state index contributed by atoms with van der Waals surface area (Å²) in [4.78, 5) is 5.51. The normalized spacial score (nSPS) is 31.6. The molecular weight excluding hydrogens is 348 g/mol. The number of fused-ring (bicyclic) bond motifs is 2. The Kier molecular flexibility index (Phi) is 4.77. The van der Waals surface area contributed by atoms with Crippen LogP contribution < -0.4 is 9.47 Å². The summed E-state index contributed by atoms with van der Waals surface area (Å²) in [6.45, 7) is 4.64. The van der Waals surface area contributed by atoms with Gasteiger partial charge in [-0.05, 0) is 55.1 Å². The zero-order chi connectivity index (χ0) is 19.1. The number of ether oxygens (including phenoxy) is 2. The second kappa shape index (κ2) is 7.41. The lowest BCUT2D eigenvalue weighted by Crippen LogP contribution is -2.59. The van der Waals surface area contributed by atoms with Crippen LogP contribution in [0.25, 0.3) is 0 Å². The van der Waals surface area contributed by atoms with Crippen LogP contribution >= 0.6 is 0 Å². The summed E-state index contributed by atoms with van der Waals surface area (Å²) in [5.41, 5.74) is 2.77. The van der Waals surface area contributed by atoms with Gasteiger partial charge in [-0.1, -0.05) is 30.3 Å². The Labute approximate surface area is 168 Å². The minimum atomic E-state index is 0.599. The highest BCUT2D eigenvalue weighted by atomic mass is 16.5. The Bertz CT molecular complexity index is 794. The summed E-state index contributed by atoms with van der Waals surface area (Å²) in [5, 5.41) is 0. The van der Waals surface area contributed by atoms with Crippen molar-refractivity contribution in [3.8, 4) is 11.5 Å². The summed E-state index contributed by atoms with van der Waals surface area (Å²) >= 11 is 0. The predicted molar refractivity (Wildman–Crippen MR) is 111 cm³/mol. The fraction of sp³-hybridized carbons (Fsp3) is 0.500. The van der Waals surface area contributed by atoms with E-state index in [2.05, 4.69) is 52.3 Å². The first-order valence-electron chi connectivity index (χ1n) is 10.5. The molecule has 0 spiro atoms. The van der Waals surface area contributed by atoms with Gasteiger partial charge in [-0.3, -0.25) is 9.80 Å². The molecule has 0 radical (unpaired) electrons. The molecule has 0 aromatic heterocycles. The Balaban J connectivity index is 1.46. The number of nitrogens with zero attached hydrogens (tertiary/aromatic N) is 2. The molecule has 4 heteroatoms. The predicted octanol–water partition coefficient (Wildman–Crippen LogP) is 3.77. The average molecular weight is 379 g/mol. The maximum atomic E-state index is 5.50. The summed E-state index contributed by atoms with van der Waals surface area (Å²) in [6, 6.07) is 18.7. The fourth-order valence-corrected chi connectivity index (χ4v) is 5.91. The van der Waals surface area contributed by atoms with E-state index >= 15 is 0 Å². The van der Waals surface area contributed by atoms with Crippen LogP contribution in [0.5, 0.6) is 11.5 Å². The van der Waals surface area contributed by atoms with Crippen molar-refractivity contribution in [2.24, 2.45) is 5.92 Å². The standard InChI is InChI=1S/C24H30N2O2/c1-27-20-12-17(13-21(14-20)28-2)15-26-16-22(18-6-4-3-5-7-18)24-23(26)19-8-10-25(24)11-9-19/h3-7,12-14,19,22-24H,8-11,15-16H2,1-2H3/t22-,23+,24+/m0/s1. The SMILES string of the molecule is COc1cc(CN2C[C@@H](c3ccccc3)[C@@H]3[C@H]2C2CCN3CC2)cc(OC)c1. The molecule has 3 atom stereocenters. The van der Waals surface area contributed by atoms with Crippen molar-refractivity contribution in [2.75, 3.05) is 33.9 Å². The summed E-state index contributed by atoms with van der Waals surface area (Å²) in [5.74, 6) is 3.18. The molecule has 0 aliphatic carbocycles. The van der Waals surface area contributed by atoms with Gasteiger partial charge >= 0.3 is 0 Å². The molecule has 4 nitrogen and oxygen atoms in total. The Morgan fingerprint density at radius 2 is 1.57 bits per heavy atom. The van der Waals surface area contributed by atoms with Gasteiger partial charge in [0, 0.05) is 37.2 Å². The van der Waals surface area contributed by atoms with Crippen LogP contribution in [0.1, 0.15) is 29.9 Å². The largest absolute Gasteiger partial charge is 0.497 e. The molecule has 6 rings (SSSR count). The molecule has 4 saturated heterocycles. The van der Waals surface area contributed by atoms with Gasteiger partial charge in [-0.2, -0.15) is 0 Å². The van der Waals surface area contributed by atoms with E-state index in [0.29, 0.717) is 18.0 Å². The van der Waals surface area contributed by atoms with E-state index in [1.54, 1.807) is 14.2 Å². The van der Waals surface area contributed by atoms with Crippen LogP contribution in [0.2, 0.25) is 0 Å². The molecule has 0 saturated carbocycles. The van der Waals surface area contributed by atoms with E-state index in [9.17, 15) is 0 Å². The fourth-order valence-electron chi connectivity index (χ4n) is 5.91. The van der Waals surface area contributed by atoms with E-state index in [0.717, 1.165) is 30.5 Å². The first kappa shape index (κ1) is 18.0.